The van der Waals surface area contributed by atoms with E-state index in [0.717, 1.165) is 0 Å². The maximum atomic E-state index is 10.9. The summed E-state index contributed by atoms with van der Waals surface area (Å²) in [7, 11) is 1.53. The van der Waals surface area contributed by atoms with Gasteiger partial charge >= 0.3 is 5.97 Å². The molecule has 1 heterocycles. The molecular weight excluding hydrogens is 234 g/mol. The summed E-state index contributed by atoms with van der Waals surface area (Å²) in [4.78, 5) is 14.7. The molecule has 0 aromatic carbocycles. The number of hydrogen-bond acceptors (Lipinski definition) is 4. The summed E-state index contributed by atoms with van der Waals surface area (Å²) in [6, 6.07) is 2.76. The van der Waals surface area contributed by atoms with Crippen LogP contribution in [0.3, 0.4) is 0 Å². The zero-order chi connectivity index (χ0) is 12.1. The van der Waals surface area contributed by atoms with Crippen molar-refractivity contribution >= 4 is 17.6 Å². The smallest absolute Gasteiger partial charge is 0.341 e. The van der Waals surface area contributed by atoms with Crippen LogP contribution >= 0.6 is 11.6 Å². The molecule has 1 aromatic rings. The minimum absolute atomic E-state index is 0.00421. The average molecular weight is 246 g/mol. The lowest BCUT2D eigenvalue weighted by Crippen LogP contribution is -2.20. The number of halogens is 1. The molecule has 6 heteroatoms. The van der Waals surface area contributed by atoms with E-state index in [1.165, 1.54) is 19.2 Å². The standard InChI is InChI=1S/C10H12ClNO4/c1-6(5-15-2)16-9-7(10(13)14)3-4-8(11)12-9/h3-4,6H,5H2,1-2H3,(H,13,14). The lowest BCUT2D eigenvalue weighted by molar-refractivity contribution is 0.0668. The molecule has 0 aliphatic carbocycles. The van der Waals surface area contributed by atoms with Gasteiger partial charge < -0.3 is 14.6 Å². The fourth-order valence-electron chi connectivity index (χ4n) is 1.13. The van der Waals surface area contributed by atoms with Gasteiger partial charge in [0.2, 0.25) is 5.88 Å². The highest BCUT2D eigenvalue weighted by molar-refractivity contribution is 6.29. The molecule has 0 spiro atoms. The van der Waals surface area contributed by atoms with Gasteiger partial charge in [0.25, 0.3) is 0 Å². The lowest BCUT2D eigenvalue weighted by atomic mass is 10.3. The van der Waals surface area contributed by atoms with Crippen molar-refractivity contribution < 1.29 is 19.4 Å². The molecule has 1 N–H and O–H groups in total. The van der Waals surface area contributed by atoms with E-state index in [4.69, 9.17) is 26.2 Å². The van der Waals surface area contributed by atoms with Crippen molar-refractivity contribution in [1.82, 2.24) is 4.98 Å². The zero-order valence-corrected chi connectivity index (χ0v) is 9.69. The number of aromatic carboxylic acids is 1. The van der Waals surface area contributed by atoms with Crippen LogP contribution in [0.1, 0.15) is 17.3 Å². The van der Waals surface area contributed by atoms with Crippen molar-refractivity contribution in [3.05, 3.63) is 22.8 Å². The van der Waals surface area contributed by atoms with E-state index in [2.05, 4.69) is 4.98 Å². The third-order valence-electron chi connectivity index (χ3n) is 1.77. The molecule has 0 fully saturated rings. The molecule has 1 atom stereocenters. The molecule has 5 nitrogen and oxygen atoms in total. The molecule has 1 unspecified atom stereocenters. The van der Waals surface area contributed by atoms with Crippen LogP contribution in [0.4, 0.5) is 0 Å². The number of nitrogens with zero attached hydrogens (tertiary/aromatic N) is 1. The Balaban J connectivity index is 2.92. The first kappa shape index (κ1) is 12.7. The van der Waals surface area contributed by atoms with Gasteiger partial charge in [0, 0.05) is 7.11 Å². The average Bonchev–Trinajstić information content (AvgIpc) is 2.17. The SMILES string of the molecule is COCC(C)Oc1nc(Cl)ccc1C(=O)O. The summed E-state index contributed by atoms with van der Waals surface area (Å²) in [6.07, 6.45) is -0.297. The molecule has 0 bridgehead atoms. The monoisotopic (exact) mass is 245 g/mol. The van der Waals surface area contributed by atoms with Crippen LogP contribution in [0.5, 0.6) is 5.88 Å². The molecule has 1 rings (SSSR count). The highest BCUT2D eigenvalue weighted by atomic mass is 35.5. The van der Waals surface area contributed by atoms with Crippen LogP contribution in [0.2, 0.25) is 5.15 Å². The van der Waals surface area contributed by atoms with Gasteiger partial charge in [-0.05, 0) is 19.1 Å². The van der Waals surface area contributed by atoms with E-state index >= 15 is 0 Å². The van der Waals surface area contributed by atoms with Crippen LogP contribution in [-0.4, -0.2) is 35.9 Å². The predicted octanol–water partition coefficient (Wildman–Crippen LogP) is 1.85. The van der Waals surface area contributed by atoms with Crippen LogP contribution in [0.25, 0.3) is 0 Å². The molecule has 0 aliphatic rings. The molecule has 0 saturated carbocycles. The Labute approximate surface area is 98.0 Å². The Morgan fingerprint density at radius 3 is 2.88 bits per heavy atom. The number of pyridine rings is 1. The first-order valence-corrected chi connectivity index (χ1v) is 4.97. The third kappa shape index (κ3) is 3.36. The van der Waals surface area contributed by atoms with Crippen molar-refractivity contribution in [3.63, 3.8) is 0 Å². The minimum Gasteiger partial charge on any atom is -0.477 e. The summed E-state index contributed by atoms with van der Waals surface area (Å²) < 4.78 is 10.2. The minimum atomic E-state index is -1.11. The number of carbonyl (C=O) groups is 1. The topological polar surface area (TPSA) is 68.7 Å². The summed E-state index contributed by atoms with van der Waals surface area (Å²) >= 11 is 5.67. The Morgan fingerprint density at radius 2 is 2.31 bits per heavy atom. The Morgan fingerprint density at radius 1 is 1.62 bits per heavy atom. The largest absolute Gasteiger partial charge is 0.477 e. The molecule has 1 aromatic heterocycles. The molecule has 0 amide bonds. The number of carboxylic acid groups (broad SMARTS) is 1. The van der Waals surface area contributed by atoms with E-state index in [0.29, 0.717) is 6.61 Å². The van der Waals surface area contributed by atoms with Gasteiger partial charge in [0.05, 0.1) is 6.61 Å². The van der Waals surface area contributed by atoms with Gasteiger partial charge in [-0.15, -0.1) is 0 Å². The molecule has 0 saturated heterocycles. The third-order valence-corrected chi connectivity index (χ3v) is 1.98. The number of rotatable bonds is 5. The molecule has 88 valence electrons. The fraction of sp³-hybridized carbons (Fsp3) is 0.400. The summed E-state index contributed by atoms with van der Waals surface area (Å²) in [5.74, 6) is -1.10. The highest BCUT2D eigenvalue weighted by Crippen LogP contribution is 2.20. The van der Waals surface area contributed by atoms with E-state index in [9.17, 15) is 4.79 Å². The first-order chi connectivity index (χ1) is 7.54. The van der Waals surface area contributed by atoms with E-state index in [1.807, 2.05) is 0 Å². The Bertz CT molecular complexity index is 383. The first-order valence-electron chi connectivity index (χ1n) is 4.60. The summed E-state index contributed by atoms with van der Waals surface area (Å²) in [5, 5.41) is 9.09. The van der Waals surface area contributed by atoms with Crippen LogP contribution < -0.4 is 4.74 Å². The van der Waals surface area contributed by atoms with E-state index in [-0.39, 0.29) is 22.7 Å². The van der Waals surface area contributed by atoms with Crippen LogP contribution in [-0.2, 0) is 4.74 Å². The van der Waals surface area contributed by atoms with Crippen molar-refractivity contribution in [1.29, 1.82) is 0 Å². The van der Waals surface area contributed by atoms with Crippen LogP contribution in [0.15, 0.2) is 12.1 Å². The molecule has 0 radical (unpaired) electrons. The summed E-state index contributed by atoms with van der Waals surface area (Å²) in [6.45, 7) is 2.09. The van der Waals surface area contributed by atoms with Gasteiger partial charge in [-0.1, -0.05) is 11.6 Å². The lowest BCUT2D eigenvalue weighted by Gasteiger charge is -2.14. The Hall–Kier alpha value is -1.33. The second-order valence-corrected chi connectivity index (χ2v) is 3.56. The molecule has 16 heavy (non-hydrogen) atoms. The number of carboxylic acids is 1. The second kappa shape index (κ2) is 5.67. The fourth-order valence-corrected chi connectivity index (χ4v) is 1.27. The number of aromatic nitrogens is 1. The van der Waals surface area contributed by atoms with Gasteiger partial charge in [-0.3, -0.25) is 0 Å². The van der Waals surface area contributed by atoms with E-state index in [1.54, 1.807) is 6.92 Å². The number of ether oxygens (including phenoxy) is 2. The van der Waals surface area contributed by atoms with Gasteiger partial charge in [-0.2, -0.15) is 0 Å². The number of methoxy groups -OCH3 is 1. The van der Waals surface area contributed by atoms with Crippen molar-refractivity contribution in [2.75, 3.05) is 13.7 Å². The van der Waals surface area contributed by atoms with Gasteiger partial charge in [-0.25, -0.2) is 9.78 Å². The summed E-state index contributed by atoms with van der Waals surface area (Å²) in [5.41, 5.74) is -0.0210. The van der Waals surface area contributed by atoms with Crippen molar-refractivity contribution in [3.8, 4) is 5.88 Å². The predicted molar refractivity (Wildman–Crippen MR) is 58.2 cm³/mol. The van der Waals surface area contributed by atoms with Crippen molar-refractivity contribution in [2.24, 2.45) is 0 Å². The number of hydrogen-bond donors (Lipinski definition) is 1. The maximum Gasteiger partial charge on any atom is 0.341 e. The van der Waals surface area contributed by atoms with E-state index < -0.39 is 5.97 Å². The van der Waals surface area contributed by atoms with Gasteiger partial charge in [0.15, 0.2) is 0 Å². The normalized spacial score (nSPS) is 12.2. The van der Waals surface area contributed by atoms with Crippen molar-refractivity contribution in [2.45, 2.75) is 13.0 Å². The second-order valence-electron chi connectivity index (χ2n) is 3.18. The quantitative estimate of drug-likeness (QED) is 0.802. The Kier molecular flexibility index (Phi) is 4.52. The molecule has 0 aliphatic heterocycles. The van der Waals surface area contributed by atoms with Crippen LogP contribution in [0, 0.1) is 0 Å². The molecular formula is C10H12ClNO4. The maximum absolute atomic E-state index is 10.9. The van der Waals surface area contributed by atoms with Gasteiger partial charge in [0.1, 0.15) is 16.8 Å². The zero-order valence-electron chi connectivity index (χ0n) is 8.94. The highest BCUT2D eigenvalue weighted by Gasteiger charge is 2.15.